The number of piperazine rings is 1. The fraction of sp³-hybridized carbons (Fsp3) is 0.500. The zero-order valence-corrected chi connectivity index (χ0v) is 18.5. The molecule has 0 bridgehead atoms. The molecule has 2 heterocycles. The monoisotopic (exact) mass is 417 g/mol. The largest absolute Gasteiger partial charge is 0.493 e. The molecule has 158 valence electrons. The summed E-state index contributed by atoms with van der Waals surface area (Å²) in [4.78, 5) is 19.2. The predicted molar refractivity (Wildman–Crippen MR) is 117 cm³/mol. The highest BCUT2D eigenvalue weighted by molar-refractivity contribution is 7.10. The van der Waals surface area contributed by atoms with Crippen molar-refractivity contribution in [3.63, 3.8) is 0 Å². The van der Waals surface area contributed by atoms with Crippen LogP contribution in [0.4, 0.5) is 0 Å². The van der Waals surface area contributed by atoms with Gasteiger partial charge in [0.1, 0.15) is 0 Å². The van der Waals surface area contributed by atoms with Gasteiger partial charge in [-0.15, -0.1) is 11.3 Å². The van der Waals surface area contributed by atoms with E-state index in [0.717, 1.165) is 32.7 Å². The summed E-state index contributed by atoms with van der Waals surface area (Å²) in [6.07, 6.45) is 0. The Balaban J connectivity index is 1.75. The summed E-state index contributed by atoms with van der Waals surface area (Å²) in [6, 6.07) is 9.64. The van der Waals surface area contributed by atoms with Crippen LogP contribution in [0.5, 0.6) is 11.5 Å². The first-order valence-electron chi connectivity index (χ1n) is 10.1. The van der Waals surface area contributed by atoms with Crippen molar-refractivity contribution in [3.05, 3.63) is 46.2 Å². The van der Waals surface area contributed by atoms with E-state index in [-0.39, 0.29) is 18.0 Å². The number of benzene rings is 1. The number of rotatable bonds is 8. The maximum atomic E-state index is 12.9. The average molecular weight is 418 g/mol. The first kappa shape index (κ1) is 21.6. The Morgan fingerprint density at radius 3 is 2.45 bits per heavy atom. The third-order valence-electron chi connectivity index (χ3n) is 5.56. The number of amides is 1. The van der Waals surface area contributed by atoms with E-state index in [9.17, 15) is 4.79 Å². The van der Waals surface area contributed by atoms with Crippen LogP contribution in [0.25, 0.3) is 0 Å². The smallest absolute Gasteiger partial charge is 0.251 e. The van der Waals surface area contributed by atoms with Crippen molar-refractivity contribution in [1.82, 2.24) is 15.1 Å². The molecule has 2 atom stereocenters. The standard InChI is InChI=1S/C22H31N3O3S/c1-5-24-10-12-25(13-11-24)21(20-7-6-14-29-20)16(2)23-22(26)17-8-9-18(27-3)19(15-17)28-4/h6-9,14-16,21H,5,10-13H2,1-4H3,(H,23,26)/t16-,21+/m0/s1. The van der Waals surface area contributed by atoms with E-state index in [1.807, 2.05) is 0 Å². The molecule has 7 heteroatoms. The molecule has 0 saturated carbocycles. The van der Waals surface area contributed by atoms with Gasteiger partial charge in [0.2, 0.25) is 0 Å². The molecule has 1 aromatic carbocycles. The van der Waals surface area contributed by atoms with Crippen molar-refractivity contribution in [2.45, 2.75) is 25.9 Å². The zero-order chi connectivity index (χ0) is 20.8. The van der Waals surface area contributed by atoms with Crippen LogP contribution in [0, 0.1) is 0 Å². The van der Waals surface area contributed by atoms with Crippen molar-refractivity contribution in [1.29, 1.82) is 0 Å². The van der Waals surface area contributed by atoms with Crippen LogP contribution in [-0.4, -0.2) is 68.7 Å². The minimum Gasteiger partial charge on any atom is -0.493 e. The van der Waals surface area contributed by atoms with E-state index in [0.29, 0.717) is 17.1 Å². The molecule has 0 spiro atoms. The molecule has 29 heavy (non-hydrogen) atoms. The van der Waals surface area contributed by atoms with Crippen LogP contribution in [-0.2, 0) is 0 Å². The van der Waals surface area contributed by atoms with E-state index < -0.39 is 0 Å². The van der Waals surface area contributed by atoms with Gasteiger partial charge in [-0.05, 0) is 43.1 Å². The van der Waals surface area contributed by atoms with E-state index in [4.69, 9.17) is 9.47 Å². The molecule has 1 saturated heterocycles. The third kappa shape index (κ3) is 5.10. The van der Waals surface area contributed by atoms with Gasteiger partial charge in [0.25, 0.3) is 5.91 Å². The molecular weight excluding hydrogens is 386 g/mol. The zero-order valence-electron chi connectivity index (χ0n) is 17.7. The van der Waals surface area contributed by atoms with Gasteiger partial charge in [-0.1, -0.05) is 13.0 Å². The van der Waals surface area contributed by atoms with Gasteiger partial charge in [0.15, 0.2) is 11.5 Å². The molecule has 1 aliphatic rings. The number of thiophene rings is 1. The van der Waals surface area contributed by atoms with Crippen molar-refractivity contribution >= 4 is 17.2 Å². The molecule has 1 aliphatic heterocycles. The van der Waals surface area contributed by atoms with Crippen LogP contribution >= 0.6 is 11.3 Å². The number of carbonyl (C=O) groups excluding carboxylic acids is 1. The number of carbonyl (C=O) groups is 1. The Bertz CT molecular complexity index is 789. The second-order valence-electron chi connectivity index (χ2n) is 7.26. The molecule has 0 radical (unpaired) electrons. The number of nitrogens with one attached hydrogen (secondary N) is 1. The van der Waals surface area contributed by atoms with Crippen LogP contribution < -0.4 is 14.8 Å². The maximum Gasteiger partial charge on any atom is 0.251 e. The topological polar surface area (TPSA) is 54.0 Å². The predicted octanol–water partition coefficient (Wildman–Crippen LogP) is 3.26. The van der Waals surface area contributed by atoms with Crippen LogP contribution in [0.2, 0.25) is 0 Å². The number of hydrogen-bond acceptors (Lipinski definition) is 6. The molecule has 1 fully saturated rings. The van der Waals surface area contributed by atoms with E-state index in [1.165, 1.54) is 4.88 Å². The summed E-state index contributed by atoms with van der Waals surface area (Å²) < 4.78 is 10.6. The molecule has 3 rings (SSSR count). The Morgan fingerprint density at radius 1 is 1.14 bits per heavy atom. The summed E-state index contributed by atoms with van der Waals surface area (Å²) in [6.45, 7) is 9.53. The third-order valence-corrected chi connectivity index (χ3v) is 6.50. The van der Waals surface area contributed by atoms with E-state index >= 15 is 0 Å². The number of nitrogens with zero attached hydrogens (tertiary/aromatic N) is 2. The first-order chi connectivity index (χ1) is 14.1. The summed E-state index contributed by atoms with van der Waals surface area (Å²) in [7, 11) is 3.16. The first-order valence-corrected chi connectivity index (χ1v) is 11.0. The van der Waals surface area contributed by atoms with Gasteiger partial charge < -0.3 is 19.7 Å². The lowest BCUT2D eigenvalue weighted by Crippen LogP contribution is -2.52. The fourth-order valence-electron chi connectivity index (χ4n) is 3.91. The van der Waals surface area contributed by atoms with E-state index in [1.54, 1.807) is 43.8 Å². The summed E-state index contributed by atoms with van der Waals surface area (Å²) in [5.41, 5.74) is 0.565. The molecular formula is C22H31N3O3S. The molecule has 1 N–H and O–H groups in total. The van der Waals surface area contributed by atoms with Crippen molar-refractivity contribution in [2.24, 2.45) is 0 Å². The van der Waals surface area contributed by atoms with Crippen LogP contribution in [0.1, 0.15) is 35.1 Å². The van der Waals surface area contributed by atoms with Crippen molar-refractivity contribution in [3.8, 4) is 11.5 Å². The van der Waals surface area contributed by atoms with Gasteiger partial charge in [-0.2, -0.15) is 0 Å². The lowest BCUT2D eigenvalue weighted by Gasteiger charge is -2.41. The molecule has 1 amide bonds. The minimum atomic E-state index is -0.104. The summed E-state index contributed by atoms with van der Waals surface area (Å²) in [5, 5.41) is 5.32. The van der Waals surface area contributed by atoms with Crippen molar-refractivity contribution < 1.29 is 14.3 Å². The number of likely N-dealkylation sites (N-methyl/N-ethyl adjacent to an activating group) is 1. The highest BCUT2D eigenvalue weighted by Crippen LogP contribution is 2.30. The lowest BCUT2D eigenvalue weighted by molar-refractivity contribution is 0.0753. The Kier molecular flexibility index (Phi) is 7.52. The lowest BCUT2D eigenvalue weighted by atomic mass is 10.0. The van der Waals surface area contributed by atoms with Crippen LogP contribution in [0.15, 0.2) is 35.7 Å². The van der Waals surface area contributed by atoms with Crippen molar-refractivity contribution in [2.75, 3.05) is 46.9 Å². The average Bonchev–Trinajstić information content (AvgIpc) is 3.28. The van der Waals surface area contributed by atoms with Gasteiger partial charge in [0, 0.05) is 42.7 Å². The SMILES string of the molecule is CCN1CCN([C@@H](c2cccs2)[C@H](C)NC(=O)c2ccc(OC)c(OC)c2)CC1. The minimum absolute atomic E-state index is 0.0255. The van der Waals surface area contributed by atoms with Gasteiger partial charge in [-0.25, -0.2) is 0 Å². The van der Waals surface area contributed by atoms with Gasteiger partial charge in [0.05, 0.1) is 20.3 Å². The highest BCUT2D eigenvalue weighted by atomic mass is 32.1. The van der Waals surface area contributed by atoms with Crippen LogP contribution in [0.3, 0.4) is 0 Å². The molecule has 6 nitrogen and oxygen atoms in total. The number of hydrogen-bond donors (Lipinski definition) is 1. The Labute approximate surface area is 177 Å². The van der Waals surface area contributed by atoms with Gasteiger partial charge >= 0.3 is 0 Å². The Morgan fingerprint density at radius 2 is 1.86 bits per heavy atom. The highest BCUT2D eigenvalue weighted by Gasteiger charge is 2.30. The second kappa shape index (κ2) is 10.1. The van der Waals surface area contributed by atoms with Gasteiger partial charge in [-0.3, -0.25) is 9.69 Å². The normalized spacial score (nSPS) is 17.5. The fourth-order valence-corrected chi connectivity index (χ4v) is 4.87. The number of methoxy groups -OCH3 is 2. The molecule has 0 aliphatic carbocycles. The number of ether oxygens (including phenoxy) is 2. The summed E-state index contributed by atoms with van der Waals surface area (Å²) >= 11 is 1.75. The quantitative estimate of drug-likeness (QED) is 0.715. The summed E-state index contributed by atoms with van der Waals surface area (Å²) in [5.74, 6) is 1.06. The van der Waals surface area contributed by atoms with E-state index in [2.05, 4.69) is 46.5 Å². The second-order valence-corrected chi connectivity index (χ2v) is 8.24. The Hall–Kier alpha value is -2.09. The maximum absolute atomic E-state index is 12.9. The molecule has 0 unspecified atom stereocenters. The molecule has 2 aromatic rings. The molecule has 1 aromatic heterocycles.